The third kappa shape index (κ3) is 5.30. The lowest BCUT2D eigenvalue weighted by Crippen LogP contribution is -2.44. The molecule has 1 saturated heterocycles. The number of ether oxygens (including phenoxy) is 2. The first kappa shape index (κ1) is 18.4. The Kier molecular flexibility index (Phi) is 7.68. The molecule has 1 aliphatic rings. The Morgan fingerprint density at radius 3 is 2.92 bits per heavy atom. The zero-order valence-electron chi connectivity index (χ0n) is 15.0. The van der Waals surface area contributed by atoms with Crippen LogP contribution in [0.5, 0.6) is 5.75 Å². The van der Waals surface area contributed by atoms with E-state index in [1.54, 1.807) is 14.2 Å². The normalized spacial score (nSPS) is 17.9. The smallest absolute Gasteiger partial charge is 0.191 e. The molecule has 24 heavy (non-hydrogen) atoms. The summed E-state index contributed by atoms with van der Waals surface area (Å²) in [5.41, 5.74) is 1.16. The van der Waals surface area contributed by atoms with Gasteiger partial charge in [0.1, 0.15) is 5.75 Å². The minimum atomic E-state index is 0.384. The number of rotatable bonds is 8. The predicted molar refractivity (Wildman–Crippen MR) is 99.2 cm³/mol. The van der Waals surface area contributed by atoms with Crippen LogP contribution in [0.2, 0.25) is 0 Å². The van der Waals surface area contributed by atoms with Crippen molar-refractivity contribution in [3.05, 3.63) is 24.3 Å². The number of methoxy groups -OCH3 is 2. The molecule has 1 atom stereocenters. The molecule has 1 aromatic rings. The first-order valence-corrected chi connectivity index (χ1v) is 8.70. The van der Waals surface area contributed by atoms with E-state index >= 15 is 0 Å². The average Bonchev–Trinajstić information content (AvgIpc) is 3.07. The Balaban J connectivity index is 1.91. The summed E-state index contributed by atoms with van der Waals surface area (Å²) in [4.78, 5) is 6.98. The van der Waals surface area contributed by atoms with Crippen molar-refractivity contribution in [2.75, 3.05) is 51.9 Å². The van der Waals surface area contributed by atoms with Gasteiger partial charge in [0.25, 0.3) is 0 Å². The molecule has 2 N–H and O–H groups in total. The van der Waals surface area contributed by atoms with E-state index in [1.165, 1.54) is 0 Å². The molecular weight excluding hydrogens is 304 g/mol. The maximum atomic E-state index is 5.48. The summed E-state index contributed by atoms with van der Waals surface area (Å²) in [6.45, 7) is 6.42. The van der Waals surface area contributed by atoms with Gasteiger partial charge >= 0.3 is 0 Å². The Bertz CT molecular complexity index is 521. The lowest BCUT2D eigenvalue weighted by atomic mass is 10.2. The van der Waals surface area contributed by atoms with Crippen molar-refractivity contribution in [1.29, 1.82) is 0 Å². The molecule has 1 aliphatic heterocycles. The van der Waals surface area contributed by atoms with Gasteiger partial charge in [0.2, 0.25) is 0 Å². The van der Waals surface area contributed by atoms with Crippen molar-refractivity contribution in [2.45, 2.75) is 25.8 Å². The Morgan fingerprint density at radius 2 is 2.17 bits per heavy atom. The number of benzene rings is 1. The van der Waals surface area contributed by atoms with E-state index in [-0.39, 0.29) is 0 Å². The maximum Gasteiger partial charge on any atom is 0.191 e. The van der Waals surface area contributed by atoms with E-state index in [1.807, 2.05) is 12.1 Å². The van der Waals surface area contributed by atoms with Crippen molar-refractivity contribution in [1.82, 2.24) is 10.6 Å². The molecule has 1 aromatic carbocycles. The van der Waals surface area contributed by atoms with E-state index < -0.39 is 0 Å². The molecular formula is C18H30N4O2. The van der Waals surface area contributed by atoms with Crippen molar-refractivity contribution >= 4 is 11.6 Å². The highest BCUT2D eigenvalue weighted by molar-refractivity contribution is 5.80. The second kappa shape index (κ2) is 10.0. The van der Waals surface area contributed by atoms with Crippen LogP contribution in [0.15, 0.2) is 29.3 Å². The molecule has 0 aliphatic carbocycles. The average molecular weight is 334 g/mol. The molecule has 0 amide bonds. The van der Waals surface area contributed by atoms with Crippen molar-refractivity contribution < 1.29 is 9.47 Å². The summed E-state index contributed by atoms with van der Waals surface area (Å²) in [5, 5.41) is 6.87. The van der Waals surface area contributed by atoms with E-state index in [0.29, 0.717) is 6.04 Å². The number of aliphatic imine (C=N–C) groups is 1. The molecule has 6 heteroatoms. The molecule has 1 heterocycles. The Labute approximate surface area is 145 Å². The number of para-hydroxylation sites is 2. The number of guanidine groups is 1. The van der Waals surface area contributed by atoms with Gasteiger partial charge in [-0.05, 0) is 31.9 Å². The molecule has 0 bridgehead atoms. The molecule has 134 valence electrons. The highest BCUT2D eigenvalue weighted by Gasteiger charge is 2.25. The van der Waals surface area contributed by atoms with Gasteiger partial charge in [0.15, 0.2) is 5.96 Å². The first-order valence-electron chi connectivity index (χ1n) is 8.70. The van der Waals surface area contributed by atoms with Gasteiger partial charge in [-0.3, -0.25) is 4.99 Å². The number of nitrogens with one attached hydrogen (secondary N) is 2. The fourth-order valence-electron chi connectivity index (χ4n) is 2.90. The van der Waals surface area contributed by atoms with Crippen molar-refractivity contribution in [3.63, 3.8) is 0 Å². The van der Waals surface area contributed by atoms with Crippen molar-refractivity contribution in [3.8, 4) is 5.75 Å². The summed E-state index contributed by atoms with van der Waals surface area (Å²) in [5.74, 6) is 1.82. The zero-order valence-corrected chi connectivity index (χ0v) is 15.0. The summed E-state index contributed by atoms with van der Waals surface area (Å²) in [6, 6.07) is 8.57. The SMILES string of the molecule is CCNC(=NCCCOC)NC1CCN(c2ccccc2OC)C1. The topological polar surface area (TPSA) is 58.1 Å². The third-order valence-electron chi connectivity index (χ3n) is 4.08. The van der Waals surface area contributed by atoms with Crippen LogP contribution in [0.3, 0.4) is 0 Å². The number of nitrogens with zero attached hydrogens (tertiary/aromatic N) is 2. The standard InChI is InChI=1S/C18H30N4O2/c1-4-19-18(20-11-7-13-23-2)21-15-10-12-22(14-15)16-8-5-6-9-17(16)24-3/h5-6,8-9,15H,4,7,10-14H2,1-3H3,(H2,19,20,21). The van der Waals surface area contributed by atoms with E-state index in [2.05, 4.69) is 39.6 Å². The fraction of sp³-hybridized carbons (Fsp3) is 0.611. The second-order valence-corrected chi connectivity index (χ2v) is 5.85. The molecule has 1 fully saturated rings. The third-order valence-corrected chi connectivity index (χ3v) is 4.08. The van der Waals surface area contributed by atoms with Crippen LogP contribution in [0.25, 0.3) is 0 Å². The van der Waals surface area contributed by atoms with Crippen LogP contribution in [0.1, 0.15) is 19.8 Å². The van der Waals surface area contributed by atoms with Crippen molar-refractivity contribution in [2.24, 2.45) is 4.99 Å². The second-order valence-electron chi connectivity index (χ2n) is 5.85. The largest absolute Gasteiger partial charge is 0.495 e. The predicted octanol–water partition coefficient (Wildman–Crippen LogP) is 1.87. The van der Waals surface area contributed by atoms with Gasteiger partial charge in [-0.15, -0.1) is 0 Å². The lowest BCUT2D eigenvalue weighted by molar-refractivity contribution is 0.197. The van der Waals surface area contributed by atoms with Crippen LogP contribution in [0.4, 0.5) is 5.69 Å². The highest BCUT2D eigenvalue weighted by atomic mass is 16.5. The summed E-state index contributed by atoms with van der Waals surface area (Å²) < 4.78 is 10.6. The molecule has 1 unspecified atom stereocenters. The summed E-state index contributed by atoms with van der Waals surface area (Å²) >= 11 is 0. The lowest BCUT2D eigenvalue weighted by Gasteiger charge is -2.22. The molecule has 0 radical (unpaired) electrons. The van der Waals surface area contributed by atoms with Crippen LogP contribution < -0.4 is 20.3 Å². The minimum Gasteiger partial charge on any atom is -0.495 e. The maximum absolute atomic E-state index is 5.48. The van der Waals surface area contributed by atoms with E-state index in [9.17, 15) is 0 Å². The van der Waals surface area contributed by atoms with E-state index in [0.717, 1.165) is 63.0 Å². The fourth-order valence-corrected chi connectivity index (χ4v) is 2.90. The number of hydrogen-bond acceptors (Lipinski definition) is 4. The zero-order chi connectivity index (χ0) is 17.2. The molecule has 2 rings (SSSR count). The van der Waals surface area contributed by atoms with Gasteiger partial charge in [-0.25, -0.2) is 0 Å². The van der Waals surface area contributed by atoms with Gasteiger partial charge in [-0.2, -0.15) is 0 Å². The quantitative estimate of drug-likeness (QED) is 0.432. The summed E-state index contributed by atoms with van der Waals surface area (Å²) in [6.07, 6.45) is 2.02. The summed E-state index contributed by atoms with van der Waals surface area (Å²) in [7, 11) is 3.44. The van der Waals surface area contributed by atoms with Crippen LogP contribution >= 0.6 is 0 Å². The number of anilines is 1. The molecule has 6 nitrogen and oxygen atoms in total. The Morgan fingerprint density at radius 1 is 1.33 bits per heavy atom. The van der Waals surface area contributed by atoms with Gasteiger partial charge in [0.05, 0.1) is 12.8 Å². The molecule has 0 saturated carbocycles. The molecule has 0 aromatic heterocycles. The number of hydrogen-bond donors (Lipinski definition) is 2. The minimum absolute atomic E-state index is 0.384. The highest BCUT2D eigenvalue weighted by Crippen LogP contribution is 2.30. The van der Waals surface area contributed by atoms with Gasteiger partial charge < -0.3 is 25.0 Å². The Hall–Kier alpha value is -1.95. The van der Waals surface area contributed by atoms with Crippen LogP contribution in [-0.4, -0.2) is 59.0 Å². The molecule has 0 spiro atoms. The van der Waals surface area contributed by atoms with Crippen LogP contribution in [0, 0.1) is 0 Å². The van der Waals surface area contributed by atoms with Gasteiger partial charge in [-0.1, -0.05) is 12.1 Å². The monoisotopic (exact) mass is 334 g/mol. The first-order chi connectivity index (χ1) is 11.8. The van der Waals surface area contributed by atoms with E-state index in [4.69, 9.17) is 9.47 Å². The van der Waals surface area contributed by atoms with Crippen LogP contribution in [-0.2, 0) is 4.74 Å². The van der Waals surface area contributed by atoms with Gasteiger partial charge in [0, 0.05) is 45.9 Å².